The van der Waals surface area contributed by atoms with Crippen molar-refractivity contribution in [1.29, 1.82) is 0 Å². The predicted octanol–water partition coefficient (Wildman–Crippen LogP) is 2.87. The molecule has 0 fully saturated rings. The van der Waals surface area contributed by atoms with Gasteiger partial charge in [-0.05, 0) is 32.9 Å². The van der Waals surface area contributed by atoms with Crippen LogP contribution in [0, 0.1) is 0 Å². The van der Waals surface area contributed by atoms with Crippen molar-refractivity contribution in [3.8, 4) is 0 Å². The van der Waals surface area contributed by atoms with Crippen LogP contribution in [0.25, 0.3) is 0 Å². The summed E-state index contributed by atoms with van der Waals surface area (Å²) in [5, 5.41) is 4.42. The van der Waals surface area contributed by atoms with E-state index in [1.807, 2.05) is 6.20 Å². The van der Waals surface area contributed by atoms with Gasteiger partial charge in [-0.2, -0.15) is 5.10 Å². The Bertz CT molecular complexity index is 315. The highest BCUT2D eigenvalue weighted by atomic mass is 15.3. The largest absolute Gasteiger partial charge is 0.300 e. The highest BCUT2D eigenvalue weighted by Gasteiger charge is 2.18. The Morgan fingerprint density at radius 3 is 2.56 bits per heavy atom. The van der Waals surface area contributed by atoms with Gasteiger partial charge < -0.3 is 4.90 Å². The molecule has 0 saturated heterocycles. The van der Waals surface area contributed by atoms with Crippen LogP contribution in [-0.2, 0) is 13.0 Å². The number of rotatable bonds is 1. The molecular weight excluding hydrogens is 198 g/mol. The highest BCUT2D eigenvalue weighted by molar-refractivity contribution is 5.21. The van der Waals surface area contributed by atoms with E-state index in [0.717, 1.165) is 19.5 Å². The summed E-state index contributed by atoms with van der Waals surface area (Å²) in [6, 6.07) is 0.482. The Kier molecular flexibility index (Phi) is 5.00. The Morgan fingerprint density at radius 2 is 2.00 bits per heavy atom. The second-order valence-electron chi connectivity index (χ2n) is 4.85. The third-order valence-corrected chi connectivity index (χ3v) is 2.66. The van der Waals surface area contributed by atoms with Gasteiger partial charge in [0.15, 0.2) is 0 Å². The summed E-state index contributed by atoms with van der Waals surface area (Å²) in [7, 11) is 2.17. The Morgan fingerprint density at radius 1 is 1.38 bits per heavy atom. The first kappa shape index (κ1) is 13.2. The number of likely N-dealkylation sites (N-methyl/N-ethyl adjacent to an activating group) is 1. The molecule has 0 N–H and O–H groups in total. The molecule has 3 nitrogen and oxygen atoms in total. The molecule has 1 aliphatic rings. The minimum Gasteiger partial charge on any atom is -0.300 e. The zero-order valence-corrected chi connectivity index (χ0v) is 11.3. The van der Waals surface area contributed by atoms with E-state index in [1.54, 1.807) is 0 Å². The zero-order valence-electron chi connectivity index (χ0n) is 11.3. The van der Waals surface area contributed by atoms with Gasteiger partial charge in [0.05, 0.1) is 11.9 Å². The lowest BCUT2D eigenvalue weighted by Gasteiger charge is -2.24. The number of hydrogen-bond donors (Lipinski definition) is 0. The molecule has 0 saturated carbocycles. The number of fused-ring (bicyclic) bond motifs is 1. The van der Waals surface area contributed by atoms with Gasteiger partial charge in [0.25, 0.3) is 0 Å². The molecule has 1 aliphatic heterocycles. The molecule has 0 radical (unpaired) electrons. The minimum absolute atomic E-state index is 0.482. The van der Waals surface area contributed by atoms with Crippen LogP contribution in [0.15, 0.2) is 6.20 Å². The Labute approximate surface area is 99.4 Å². The lowest BCUT2D eigenvalue weighted by atomic mass is 10.1. The maximum atomic E-state index is 4.42. The van der Waals surface area contributed by atoms with Gasteiger partial charge >= 0.3 is 0 Å². The summed E-state index contributed by atoms with van der Waals surface area (Å²) in [4.78, 5) is 2.35. The molecule has 0 amide bonds. The zero-order chi connectivity index (χ0) is 12.1. The standard InChI is InChI=1S/C10H17N3.C3H8/c1-8(2)13-10-7-12(3)5-4-9(10)6-11-13;1-3-2/h6,8H,4-5,7H2,1-3H3;3H2,1-2H3. The third-order valence-electron chi connectivity index (χ3n) is 2.66. The van der Waals surface area contributed by atoms with Gasteiger partial charge in [-0.25, -0.2) is 0 Å². The van der Waals surface area contributed by atoms with Crippen molar-refractivity contribution in [2.45, 2.75) is 53.1 Å². The molecule has 0 bridgehead atoms. The molecule has 2 heterocycles. The van der Waals surface area contributed by atoms with Gasteiger partial charge in [0.1, 0.15) is 0 Å². The fraction of sp³-hybridized carbons (Fsp3) is 0.769. The van der Waals surface area contributed by atoms with Crippen molar-refractivity contribution in [3.63, 3.8) is 0 Å². The topological polar surface area (TPSA) is 21.1 Å². The maximum Gasteiger partial charge on any atom is 0.0559 e. The van der Waals surface area contributed by atoms with Gasteiger partial charge in [0.2, 0.25) is 0 Å². The molecule has 0 aliphatic carbocycles. The second kappa shape index (κ2) is 6.04. The quantitative estimate of drug-likeness (QED) is 0.730. The van der Waals surface area contributed by atoms with E-state index >= 15 is 0 Å². The SMILES string of the molecule is CC(C)n1ncc2c1CN(C)CC2.CCC. The number of hydrogen-bond acceptors (Lipinski definition) is 2. The lowest BCUT2D eigenvalue weighted by Crippen LogP contribution is -2.28. The van der Waals surface area contributed by atoms with Crippen LogP contribution < -0.4 is 0 Å². The van der Waals surface area contributed by atoms with Crippen LogP contribution in [0.4, 0.5) is 0 Å². The van der Waals surface area contributed by atoms with Crippen LogP contribution in [0.1, 0.15) is 51.4 Å². The van der Waals surface area contributed by atoms with Crippen molar-refractivity contribution in [1.82, 2.24) is 14.7 Å². The van der Waals surface area contributed by atoms with Crippen molar-refractivity contribution in [2.24, 2.45) is 0 Å². The molecule has 1 aromatic heterocycles. The van der Waals surface area contributed by atoms with Crippen molar-refractivity contribution in [3.05, 3.63) is 17.5 Å². The molecule has 0 atom stereocenters. The Hall–Kier alpha value is -0.830. The molecule has 1 aromatic rings. The van der Waals surface area contributed by atoms with E-state index in [2.05, 4.69) is 49.4 Å². The summed E-state index contributed by atoms with van der Waals surface area (Å²) < 4.78 is 2.14. The average Bonchev–Trinajstić information content (AvgIpc) is 2.61. The fourth-order valence-corrected chi connectivity index (χ4v) is 1.90. The molecule has 92 valence electrons. The first-order valence-electron chi connectivity index (χ1n) is 6.33. The van der Waals surface area contributed by atoms with Crippen molar-refractivity contribution < 1.29 is 0 Å². The number of nitrogens with zero attached hydrogens (tertiary/aromatic N) is 3. The summed E-state index contributed by atoms with van der Waals surface area (Å²) in [6.07, 6.45) is 4.43. The van der Waals surface area contributed by atoms with Crippen molar-refractivity contribution >= 4 is 0 Å². The Balaban J connectivity index is 0.000000386. The van der Waals surface area contributed by atoms with Crippen LogP contribution in [0.3, 0.4) is 0 Å². The summed E-state index contributed by atoms with van der Waals surface area (Å²) in [5.74, 6) is 0. The van der Waals surface area contributed by atoms with Crippen LogP contribution >= 0.6 is 0 Å². The first-order valence-corrected chi connectivity index (χ1v) is 6.33. The summed E-state index contributed by atoms with van der Waals surface area (Å²) in [6.45, 7) is 10.8. The van der Waals surface area contributed by atoms with E-state index in [4.69, 9.17) is 0 Å². The van der Waals surface area contributed by atoms with E-state index in [-0.39, 0.29) is 0 Å². The van der Waals surface area contributed by atoms with Gasteiger partial charge in [-0.15, -0.1) is 0 Å². The van der Waals surface area contributed by atoms with Gasteiger partial charge in [-0.1, -0.05) is 20.3 Å². The maximum absolute atomic E-state index is 4.42. The fourth-order valence-electron chi connectivity index (χ4n) is 1.90. The molecule has 0 spiro atoms. The van der Waals surface area contributed by atoms with Crippen LogP contribution in [0.2, 0.25) is 0 Å². The summed E-state index contributed by atoms with van der Waals surface area (Å²) in [5.41, 5.74) is 2.84. The summed E-state index contributed by atoms with van der Waals surface area (Å²) >= 11 is 0. The lowest BCUT2D eigenvalue weighted by molar-refractivity contribution is 0.296. The second-order valence-corrected chi connectivity index (χ2v) is 4.85. The molecule has 3 heteroatoms. The van der Waals surface area contributed by atoms with E-state index in [9.17, 15) is 0 Å². The normalized spacial score (nSPS) is 15.6. The van der Waals surface area contributed by atoms with Gasteiger partial charge in [0, 0.05) is 19.1 Å². The van der Waals surface area contributed by atoms with Gasteiger partial charge in [-0.3, -0.25) is 4.68 Å². The smallest absolute Gasteiger partial charge is 0.0559 e. The highest BCUT2D eigenvalue weighted by Crippen LogP contribution is 2.20. The number of aromatic nitrogens is 2. The molecule has 2 rings (SSSR count). The van der Waals surface area contributed by atoms with E-state index in [0.29, 0.717) is 6.04 Å². The minimum atomic E-state index is 0.482. The average molecular weight is 223 g/mol. The first-order chi connectivity index (χ1) is 7.60. The van der Waals surface area contributed by atoms with E-state index in [1.165, 1.54) is 17.7 Å². The molecule has 0 aromatic carbocycles. The van der Waals surface area contributed by atoms with Crippen molar-refractivity contribution in [2.75, 3.05) is 13.6 Å². The van der Waals surface area contributed by atoms with Crippen LogP contribution in [0.5, 0.6) is 0 Å². The van der Waals surface area contributed by atoms with E-state index < -0.39 is 0 Å². The third kappa shape index (κ3) is 3.08. The molecule has 16 heavy (non-hydrogen) atoms. The van der Waals surface area contributed by atoms with Crippen LogP contribution in [-0.4, -0.2) is 28.3 Å². The molecule has 0 unspecified atom stereocenters. The monoisotopic (exact) mass is 223 g/mol. The predicted molar refractivity (Wildman–Crippen MR) is 68.6 cm³/mol. The molecular formula is C13H25N3.